The molecule has 3 rings (SSSR count). The van der Waals surface area contributed by atoms with Gasteiger partial charge < -0.3 is 4.52 Å². The Bertz CT molecular complexity index is 892. The van der Waals surface area contributed by atoms with Gasteiger partial charge in [0, 0.05) is 5.02 Å². The summed E-state index contributed by atoms with van der Waals surface area (Å²) in [5.74, 6) is 0.0613. The van der Waals surface area contributed by atoms with Crippen molar-refractivity contribution in [2.24, 2.45) is 0 Å². The average Bonchev–Trinajstić information content (AvgIpc) is 2.95. The summed E-state index contributed by atoms with van der Waals surface area (Å²) in [6.07, 6.45) is 1.46. The zero-order chi connectivity index (χ0) is 15.6. The smallest absolute Gasteiger partial charge is 0.264 e. The molecule has 2 aromatic carbocycles. The lowest BCUT2D eigenvalue weighted by Crippen LogP contribution is -2.12. The lowest BCUT2D eigenvalue weighted by Gasteiger charge is -2.07. The molecule has 1 aromatic heterocycles. The summed E-state index contributed by atoms with van der Waals surface area (Å²) < 4.78 is 32.2. The maximum Gasteiger partial charge on any atom is 0.264 e. The summed E-state index contributed by atoms with van der Waals surface area (Å²) in [5.41, 5.74) is 1.36. The molecule has 0 saturated carbocycles. The number of anilines is 1. The van der Waals surface area contributed by atoms with Crippen LogP contribution in [0.5, 0.6) is 0 Å². The van der Waals surface area contributed by atoms with Crippen LogP contribution < -0.4 is 4.72 Å². The summed E-state index contributed by atoms with van der Waals surface area (Å²) in [6.45, 7) is 0. The number of hydrogen-bond donors (Lipinski definition) is 1. The molecular weight excluding hydrogens is 324 g/mol. The quantitative estimate of drug-likeness (QED) is 0.787. The molecule has 0 spiro atoms. The normalized spacial score (nSPS) is 11.3. The zero-order valence-corrected chi connectivity index (χ0v) is 12.8. The first-order valence-electron chi connectivity index (χ1n) is 6.35. The molecule has 0 aliphatic heterocycles. The highest BCUT2D eigenvalue weighted by atomic mass is 35.5. The van der Waals surface area contributed by atoms with Gasteiger partial charge in [-0.2, -0.15) is 0 Å². The fourth-order valence-corrected chi connectivity index (χ4v) is 3.26. The van der Waals surface area contributed by atoms with E-state index in [0.29, 0.717) is 10.6 Å². The third-order valence-electron chi connectivity index (χ3n) is 2.99. The highest BCUT2D eigenvalue weighted by Crippen LogP contribution is 2.29. The van der Waals surface area contributed by atoms with E-state index < -0.39 is 10.0 Å². The molecule has 0 atom stereocenters. The number of benzene rings is 2. The molecule has 0 saturated heterocycles. The number of halogens is 1. The van der Waals surface area contributed by atoms with Gasteiger partial charge in [0.2, 0.25) is 5.88 Å². The first-order valence-corrected chi connectivity index (χ1v) is 8.21. The summed E-state index contributed by atoms with van der Waals surface area (Å²) in [4.78, 5) is 0.0513. The summed E-state index contributed by atoms with van der Waals surface area (Å²) in [7, 11) is -3.80. The number of nitrogens with one attached hydrogen (secondary N) is 1. The molecule has 0 amide bonds. The molecule has 0 bridgehead atoms. The van der Waals surface area contributed by atoms with E-state index in [2.05, 4.69) is 9.88 Å². The van der Waals surface area contributed by atoms with Gasteiger partial charge in [-0.3, -0.25) is 0 Å². The van der Waals surface area contributed by atoms with E-state index in [1.54, 1.807) is 12.1 Å². The van der Waals surface area contributed by atoms with Crippen molar-refractivity contribution in [3.63, 3.8) is 0 Å². The van der Waals surface area contributed by atoms with Crippen LogP contribution in [0.15, 0.2) is 70.2 Å². The highest BCUT2D eigenvalue weighted by Gasteiger charge is 2.20. The van der Waals surface area contributed by atoms with Crippen molar-refractivity contribution in [3.05, 3.63) is 65.8 Å². The minimum Gasteiger partial charge on any atom is -0.337 e. The van der Waals surface area contributed by atoms with Crippen molar-refractivity contribution in [2.75, 3.05) is 4.72 Å². The molecule has 5 nitrogen and oxygen atoms in total. The molecule has 22 heavy (non-hydrogen) atoms. The predicted molar refractivity (Wildman–Crippen MR) is 84.2 cm³/mol. The van der Waals surface area contributed by atoms with Crippen molar-refractivity contribution in [1.82, 2.24) is 5.16 Å². The van der Waals surface area contributed by atoms with Crippen LogP contribution in [0.3, 0.4) is 0 Å². The van der Waals surface area contributed by atoms with Gasteiger partial charge in [0.25, 0.3) is 10.0 Å². The van der Waals surface area contributed by atoms with E-state index in [4.69, 9.17) is 16.1 Å². The van der Waals surface area contributed by atoms with Gasteiger partial charge in [-0.25, -0.2) is 13.1 Å². The summed E-state index contributed by atoms with van der Waals surface area (Å²) >= 11 is 5.83. The van der Waals surface area contributed by atoms with Crippen LogP contribution in [0, 0.1) is 0 Å². The summed E-state index contributed by atoms with van der Waals surface area (Å²) in [5, 5.41) is 4.00. The molecule has 0 fully saturated rings. The Hall–Kier alpha value is -2.31. The largest absolute Gasteiger partial charge is 0.337 e. The Morgan fingerprint density at radius 3 is 2.55 bits per heavy atom. The lowest BCUT2D eigenvalue weighted by atomic mass is 10.1. The Morgan fingerprint density at radius 1 is 1.05 bits per heavy atom. The van der Waals surface area contributed by atoms with Crippen LogP contribution in [-0.2, 0) is 10.0 Å². The molecule has 0 aliphatic carbocycles. The third kappa shape index (κ3) is 2.98. The minimum absolute atomic E-state index is 0.0513. The average molecular weight is 335 g/mol. The van der Waals surface area contributed by atoms with Gasteiger partial charge in [0.05, 0.1) is 16.7 Å². The van der Waals surface area contributed by atoms with Gasteiger partial charge in [-0.15, -0.1) is 0 Å². The maximum absolute atomic E-state index is 12.4. The molecule has 1 heterocycles. The fraction of sp³-hybridized carbons (Fsp3) is 0. The van der Waals surface area contributed by atoms with Crippen LogP contribution in [0.25, 0.3) is 11.1 Å². The number of aromatic nitrogens is 1. The van der Waals surface area contributed by atoms with Crippen molar-refractivity contribution in [1.29, 1.82) is 0 Å². The van der Waals surface area contributed by atoms with E-state index in [9.17, 15) is 8.42 Å². The van der Waals surface area contributed by atoms with E-state index in [-0.39, 0.29) is 10.8 Å². The second kappa shape index (κ2) is 5.82. The van der Waals surface area contributed by atoms with Gasteiger partial charge in [-0.1, -0.05) is 53.2 Å². The van der Waals surface area contributed by atoms with Crippen LogP contribution in [0.1, 0.15) is 0 Å². The van der Waals surface area contributed by atoms with Gasteiger partial charge in [-0.05, 0) is 23.8 Å². The number of rotatable bonds is 4. The summed E-state index contributed by atoms with van der Waals surface area (Å²) in [6, 6.07) is 15.2. The Morgan fingerprint density at radius 2 is 1.82 bits per heavy atom. The van der Waals surface area contributed by atoms with Crippen molar-refractivity contribution >= 4 is 27.5 Å². The molecular formula is C15H11ClN2O3S. The number of hydrogen-bond acceptors (Lipinski definition) is 4. The standard InChI is InChI=1S/C15H11ClN2O3S/c16-12-7-4-8-13(9-12)22(19,20)18-15-14(10-17-21-15)11-5-2-1-3-6-11/h1-10,18H. The lowest BCUT2D eigenvalue weighted by molar-refractivity contribution is 0.435. The zero-order valence-electron chi connectivity index (χ0n) is 11.2. The van der Waals surface area contributed by atoms with E-state index >= 15 is 0 Å². The van der Waals surface area contributed by atoms with Crippen LogP contribution in [0.4, 0.5) is 5.88 Å². The second-order valence-corrected chi connectivity index (χ2v) is 6.62. The van der Waals surface area contributed by atoms with Crippen LogP contribution in [-0.4, -0.2) is 13.6 Å². The van der Waals surface area contributed by atoms with Gasteiger partial charge in [0.15, 0.2) is 0 Å². The maximum atomic E-state index is 12.4. The molecule has 0 unspecified atom stereocenters. The van der Waals surface area contributed by atoms with Crippen LogP contribution >= 0.6 is 11.6 Å². The Balaban J connectivity index is 1.96. The highest BCUT2D eigenvalue weighted by molar-refractivity contribution is 7.92. The fourth-order valence-electron chi connectivity index (χ4n) is 1.95. The minimum atomic E-state index is -3.80. The van der Waals surface area contributed by atoms with E-state index in [0.717, 1.165) is 5.56 Å². The first kappa shape index (κ1) is 14.6. The SMILES string of the molecule is O=S(=O)(Nc1oncc1-c1ccccc1)c1cccc(Cl)c1. The van der Waals surface area contributed by atoms with Crippen LogP contribution in [0.2, 0.25) is 5.02 Å². The van der Waals surface area contributed by atoms with E-state index in [1.165, 1.54) is 18.3 Å². The Kier molecular flexibility index (Phi) is 3.87. The Labute approximate surface area is 132 Å². The number of sulfonamides is 1. The van der Waals surface area contributed by atoms with Crippen molar-refractivity contribution in [3.8, 4) is 11.1 Å². The van der Waals surface area contributed by atoms with Gasteiger partial charge >= 0.3 is 0 Å². The molecule has 0 radical (unpaired) electrons. The topological polar surface area (TPSA) is 72.2 Å². The monoisotopic (exact) mass is 334 g/mol. The third-order valence-corrected chi connectivity index (χ3v) is 4.55. The molecule has 7 heteroatoms. The number of nitrogens with zero attached hydrogens (tertiary/aromatic N) is 1. The molecule has 1 N–H and O–H groups in total. The molecule has 112 valence electrons. The van der Waals surface area contributed by atoms with Crippen molar-refractivity contribution < 1.29 is 12.9 Å². The second-order valence-electron chi connectivity index (χ2n) is 4.50. The molecule has 3 aromatic rings. The van der Waals surface area contributed by atoms with Gasteiger partial charge in [0.1, 0.15) is 0 Å². The predicted octanol–water partition coefficient (Wildman–Crippen LogP) is 3.80. The molecule has 0 aliphatic rings. The first-order chi connectivity index (χ1) is 10.6. The van der Waals surface area contributed by atoms with Crippen molar-refractivity contribution in [2.45, 2.75) is 4.90 Å². The van der Waals surface area contributed by atoms with E-state index in [1.807, 2.05) is 30.3 Å².